The summed E-state index contributed by atoms with van der Waals surface area (Å²) in [5, 5.41) is 6.00. The van der Waals surface area contributed by atoms with Gasteiger partial charge in [-0.3, -0.25) is 9.59 Å². The molecule has 0 aliphatic rings. The van der Waals surface area contributed by atoms with Crippen LogP contribution in [0.15, 0.2) is 130 Å². The lowest BCUT2D eigenvalue weighted by atomic mass is 9.97. The molecular formula is C34H25NO4S. The van der Waals surface area contributed by atoms with Crippen LogP contribution >= 0.6 is 11.8 Å². The second kappa shape index (κ2) is 11.9. The first-order valence-electron chi connectivity index (χ1n) is 12.7. The fraction of sp³-hybridized carbons (Fsp3) is 0.0588. The molecule has 0 saturated heterocycles. The third-order valence-electron chi connectivity index (χ3n) is 6.36. The maximum Gasteiger partial charge on any atom is 0.332 e. The maximum absolute atomic E-state index is 13.3. The lowest BCUT2D eigenvalue weighted by Gasteiger charge is -2.09. The average Bonchev–Trinajstić information content (AvgIpc) is 2.98. The van der Waals surface area contributed by atoms with Gasteiger partial charge in [-0.15, -0.1) is 0 Å². The Morgan fingerprint density at radius 2 is 1.23 bits per heavy atom. The van der Waals surface area contributed by atoms with E-state index in [1.54, 1.807) is 24.3 Å². The van der Waals surface area contributed by atoms with E-state index in [1.807, 2.05) is 97.9 Å². The Hall–Kier alpha value is -4.81. The maximum atomic E-state index is 13.3. The molecule has 0 aliphatic carbocycles. The zero-order chi connectivity index (χ0) is 28.1. The summed E-state index contributed by atoms with van der Waals surface area (Å²) in [4.78, 5) is 44.4. The van der Waals surface area contributed by atoms with E-state index in [2.05, 4.69) is 5.16 Å². The molecule has 0 radical (unpaired) electrons. The Kier molecular flexibility index (Phi) is 7.99. The van der Waals surface area contributed by atoms with E-state index in [0.29, 0.717) is 22.3 Å². The Morgan fingerprint density at radius 1 is 0.650 bits per heavy atom. The largest absolute Gasteiger partial charge is 0.332 e. The number of Topliss-reactive ketones (excluding diaryl/α,β-unsaturated/α-hetero) is 1. The van der Waals surface area contributed by atoms with E-state index in [1.165, 1.54) is 18.7 Å². The Balaban J connectivity index is 1.30. The van der Waals surface area contributed by atoms with Gasteiger partial charge in [0.15, 0.2) is 11.5 Å². The van der Waals surface area contributed by atoms with Crippen molar-refractivity contribution in [1.82, 2.24) is 0 Å². The highest BCUT2D eigenvalue weighted by Crippen LogP contribution is 2.29. The fourth-order valence-corrected chi connectivity index (χ4v) is 5.10. The van der Waals surface area contributed by atoms with Crippen molar-refractivity contribution >= 4 is 45.8 Å². The summed E-state index contributed by atoms with van der Waals surface area (Å²) >= 11 is 1.53. The highest BCUT2D eigenvalue weighted by atomic mass is 32.2. The summed E-state index contributed by atoms with van der Waals surface area (Å²) in [7, 11) is 0. The van der Waals surface area contributed by atoms with Gasteiger partial charge in [0.1, 0.15) is 0 Å². The number of carbonyl (C=O) groups excluding carboxylic acids is 3. The summed E-state index contributed by atoms with van der Waals surface area (Å²) in [5.74, 6) is -0.968. The minimum absolute atomic E-state index is 0.0231. The quantitative estimate of drug-likeness (QED) is 0.0869. The van der Waals surface area contributed by atoms with Crippen molar-refractivity contribution in [3.8, 4) is 0 Å². The van der Waals surface area contributed by atoms with E-state index < -0.39 is 5.97 Å². The molecule has 5 rings (SSSR count). The van der Waals surface area contributed by atoms with Gasteiger partial charge in [-0.05, 0) is 77.9 Å². The van der Waals surface area contributed by atoms with Crippen LogP contribution in [0.3, 0.4) is 0 Å². The monoisotopic (exact) mass is 543 g/mol. The van der Waals surface area contributed by atoms with Crippen molar-refractivity contribution < 1.29 is 19.2 Å². The molecule has 196 valence electrons. The predicted molar refractivity (Wildman–Crippen MR) is 158 cm³/mol. The number of fused-ring (bicyclic) bond motifs is 1. The molecule has 5 aromatic carbocycles. The van der Waals surface area contributed by atoms with Gasteiger partial charge in [-0.2, -0.15) is 0 Å². The molecule has 0 aromatic heterocycles. The van der Waals surface area contributed by atoms with Crippen molar-refractivity contribution in [2.45, 2.75) is 23.6 Å². The van der Waals surface area contributed by atoms with Crippen LogP contribution in [-0.2, 0) is 9.63 Å². The van der Waals surface area contributed by atoms with Crippen LogP contribution in [0.5, 0.6) is 0 Å². The summed E-state index contributed by atoms with van der Waals surface area (Å²) in [6.45, 7) is 3.10. The summed E-state index contributed by atoms with van der Waals surface area (Å²) < 4.78 is 0. The van der Waals surface area contributed by atoms with Crippen LogP contribution in [0.1, 0.15) is 44.3 Å². The lowest BCUT2D eigenvalue weighted by molar-refractivity contribution is -0.140. The molecule has 0 unspecified atom stereocenters. The van der Waals surface area contributed by atoms with Crippen LogP contribution in [0.2, 0.25) is 0 Å². The second-order valence-electron chi connectivity index (χ2n) is 9.21. The summed E-state index contributed by atoms with van der Waals surface area (Å²) in [5.41, 5.74) is 3.22. The van der Waals surface area contributed by atoms with E-state index >= 15 is 0 Å². The van der Waals surface area contributed by atoms with Crippen LogP contribution in [0, 0.1) is 6.92 Å². The number of nitrogens with zero attached hydrogens (tertiary/aromatic N) is 1. The highest BCUT2D eigenvalue weighted by molar-refractivity contribution is 7.99. The highest BCUT2D eigenvalue weighted by Gasteiger charge is 2.20. The molecule has 0 fully saturated rings. The van der Waals surface area contributed by atoms with E-state index in [9.17, 15) is 14.4 Å². The Morgan fingerprint density at radius 3 is 1.88 bits per heavy atom. The van der Waals surface area contributed by atoms with E-state index in [0.717, 1.165) is 26.1 Å². The van der Waals surface area contributed by atoms with Crippen molar-refractivity contribution in [3.05, 3.63) is 143 Å². The van der Waals surface area contributed by atoms with E-state index in [-0.39, 0.29) is 17.3 Å². The van der Waals surface area contributed by atoms with Crippen LogP contribution in [-0.4, -0.2) is 23.2 Å². The minimum Gasteiger partial charge on any atom is -0.318 e. The number of carbonyl (C=O) groups is 3. The van der Waals surface area contributed by atoms with Gasteiger partial charge in [0.25, 0.3) is 0 Å². The van der Waals surface area contributed by atoms with Crippen molar-refractivity contribution in [1.29, 1.82) is 0 Å². The molecule has 6 heteroatoms. The Labute approximate surface area is 236 Å². The van der Waals surface area contributed by atoms with Gasteiger partial charge in [-0.1, -0.05) is 77.6 Å². The number of hydrogen-bond acceptors (Lipinski definition) is 6. The molecular weight excluding hydrogens is 518 g/mol. The number of hydrogen-bond donors (Lipinski definition) is 0. The van der Waals surface area contributed by atoms with Gasteiger partial charge < -0.3 is 4.84 Å². The van der Waals surface area contributed by atoms with Gasteiger partial charge in [0.05, 0.1) is 0 Å². The topological polar surface area (TPSA) is 72.8 Å². The first-order valence-corrected chi connectivity index (χ1v) is 13.5. The smallest absolute Gasteiger partial charge is 0.318 e. The molecule has 0 atom stereocenters. The zero-order valence-electron chi connectivity index (χ0n) is 22.0. The molecule has 0 spiro atoms. The van der Waals surface area contributed by atoms with Crippen molar-refractivity contribution in [2.75, 3.05) is 0 Å². The second-order valence-corrected chi connectivity index (χ2v) is 10.4. The zero-order valence-corrected chi connectivity index (χ0v) is 22.8. The lowest BCUT2D eigenvalue weighted by Crippen LogP contribution is -2.18. The Bertz CT molecular complexity index is 1760. The first kappa shape index (κ1) is 26.8. The van der Waals surface area contributed by atoms with Crippen molar-refractivity contribution in [2.24, 2.45) is 5.16 Å². The molecule has 0 aliphatic heterocycles. The van der Waals surface area contributed by atoms with Gasteiger partial charge in [0.2, 0.25) is 5.78 Å². The van der Waals surface area contributed by atoms with Crippen LogP contribution in [0.4, 0.5) is 0 Å². The number of aryl methyl sites for hydroxylation is 1. The average molecular weight is 544 g/mol. The molecule has 0 amide bonds. The number of oxime groups is 1. The third kappa shape index (κ3) is 6.08. The van der Waals surface area contributed by atoms with Crippen molar-refractivity contribution in [3.63, 3.8) is 0 Å². The predicted octanol–water partition coefficient (Wildman–Crippen LogP) is 7.68. The van der Waals surface area contributed by atoms with E-state index in [4.69, 9.17) is 4.84 Å². The summed E-state index contributed by atoms with van der Waals surface area (Å²) in [6.07, 6.45) is 0. The molecule has 0 heterocycles. The molecule has 5 nitrogen and oxygen atoms in total. The standard InChI is InChI=1S/C34H25NO4S/c1-22-7-3-6-10-31(22)32(35-39-23(2)36)34(38)26-15-19-30(20-16-26)40-29-17-13-25(14-18-29)33(37)28-12-11-24-8-4-5-9-27(24)21-28/h3-21H,1-2H3/b35-32-. The van der Waals surface area contributed by atoms with Gasteiger partial charge >= 0.3 is 5.97 Å². The van der Waals surface area contributed by atoms with Gasteiger partial charge in [-0.25, -0.2) is 4.79 Å². The van der Waals surface area contributed by atoms with Crippen LogP contribution in [0.25, 0.3) is 10.8 Å². The summed E-state index contributed by atoms with van der Waals surface area (Å²) in [6, 6.07) is 35.7. The molecule has 0 bridgehead atoms. The number of rotatable bonds is 8. The molecule has 0 saturated carbocycles. The minimum atomic E-state index is -0.601. The van der Waals surface area contributed by atoms with Gasteiger partial charge in [0, 0.05) is 39.0 Å². The van der Waals surface area contributed by atoms with Crippen LogP contribution < -0.4 is 0 Å². The fourth-order valence-electron chi connectivity index (χ4n) is 4.28. The first-order chi connectivity index (χ1) is 19.4. The normalized spacial score (nSPS) is 11.3. The number of ketones is 2. The number of benzene rings is 5. The SMILES string of the molecule is CC(=O)O/N=C(\C(=O)c1ccc(Sc2ccc(C(=O)c3ccc4ccccc4c3)cc2)cc1)c1ccccc1C. The molecule has 40 heavy (non-hydrogen) atoms. The molecule has 0 N–H and O–H groups in total. The molecule has 5 aromatic rings. The third-order valence-corrected chi connectivity index (χ3v) is 7.38.